The molecular formula is C12H12ClN3O. The number of halogens is 1. The Hall–Kier alpha value is -1.81. The Morgan fingerprint density at radius 3 is 2.88 bits per heavy atom. The first-order valence-corrected chi connectivity index (χ1v) is 5.65. The Morgan fingerprint density at radius 1 is 1.35 bits per heavy atom. The summed E-state index contributed by atoms with van der Waals surface area (Å²) in [6.07, 6.45) is 3.88. The smallest absolute Gasteiger partial charge is 0.226 e. The predicted octanol–water partition coefficient (Wildman–Crippen LogP) is 2.57. The highest BCUT2D eigenvalue weighted by molar-refractivity contribution is 6.33. The summed E-state index contributed by atoms with van der Waals surface area (Å²) >= 11 is 5.94. The van der Waals surface area contributed by atoms with Crippen molar-refractivity contribution in [1.82, 2.24) is 9.78 Å². The number of benzene rings is 1. The highest BCUT2D eigenvalue weighted by Crippen LogP contribution is 2.20. The van der Waals surface area contributed by atoms with Gasteiger partial charge in [-0.05, 0) is 18.2 Å². The molecule has 88 valence electrons. The average molecular weight is 250 g/mol. The maximum atomic E-state index is 11.6. The van der Waals surface area contributed by atoms with E-state index in [0.29, 0.717) is 23.7 Å². The van der Waals surface area contributed by atoms with Crippen molar-refractivity contribution in [2.45, 2.75) is 13.0 Å². The number of nitrogens with one attached hydrogen (secondary N) is 1. The van der Waals surface area contributed by atoms with Crippen molar-refractivity contribution in [2.75, 3.05) is 5.32 Å². The molecule has 2 rings (SSSR count). The first-order chi connectivity index (χ1) is 8.25. The van der Waals surface area contributed by atoms with Crippen LogP contribution >= 0.6 is 11.6 Å². The molecule has 17 heavy (non-hydrogen) atoms. The molecule has 0 unspecified atom stereocenters. The molecule has 0 aliphatic heterocycles. The molecule has 1 aromatic carbocycles. The van der Waals surface area contributed by atoms with Crippen molar-refractivity contribution in [3.8, 4) is 0 Å². The zero-order valence-corrected chi connectivity index (χ0v) is 9.89. The van der Waals surface area contributed by atoms with Gasteiger partial charge in [-0.15, -0.1) is 0 Å². The van der Waals surface area contributed by atoms with Crippen LogP contribution in [0.2, 0.25) is 5.02 Å². The van der Waals surface area contributed by atoms with Gasteiger partial charge in [-0.1, -0.05) is 23.7 Å². The summed E-state index contributed by atoms with van der Waals surface area (Å²) in [7, 11) is 0. The fourth-order valence-corrected chi connectivity index (χ4v) is 1.61. The van der Waals surface area contributed by atoms with Gasteiger partial charge >= 0.3 is 0 Å². The number of anilines is 1. The maximum Gasteiger partial charge on any atom is 0.226 e. The Labute approximate surface area is 104 Å². The number of carbonyl (C=O) groups is 1. The van der Waals surface area contributed by atoms with E-state index < -0.39 is 0 Å². The van der Waals surface area contributed by atoms with Crippen molar-refractivity contribution in [2.24, 2.45) is 0 Å². The zero-order valence-electron chi connectivity index (χ0n) is 9.14. The van der Waals surface area contributed by atoms with E-state index >= 15 is 0 Å². The Balaban J connectivity index is 1.87. The molecule has 1 N–H and O–H groups in total. The summed E-state index contributed by atoms with van der Waals surface area (Å²) in [6.45, 7) is 0.559. The molecule has 0 fully saturated rings. The third-order valence-electron chi connectivity index (χ3n) is 2.28. The van der Waals surface area contributed by atoms with E-state index in [0.717, 1.165) is 0 Å². The van der Waals surface area contributed by atoms with Crippen molar-refractivity contribution in [3.05, 3.63) is 47.7 Å². The van der Waals surface area contributed by atoms with Gasteiger partial charge in [0.05, 0.1) is 10.7 Å². The minimum absolute atomic E-state index is 0.0754. The van der Waals surface area contributed by atoms with Gasteiger partial charge in [0.1, 0.15) is 0 Å². The van der Waals surface area contributed by atoms with E-state index in [2.05, 4.69) is 10.4 Å². The molecule has 0 radical (unpaired) electrons. The van der Waals surface area contributed by atoms with Crippen LogP contribution in [-0.2, 0) is 11.3 Å². The molecule has 0 aliphatic rings. The van der Waals surface area contributed by atoms with E-state index in [-0.39, 0.29) is 5.91 Å². The number of para-hydroxylation sites is 1. The van der Waals surface area contributed by atoms with Crippen LogP contribution in [0.3, 0.4) is 0 Å². The minimum Gasteiger partial charge on any atom is -0.325 e. The topological polar surface area (TPSA) is 46.9 Å². The fourth-order valence-electron chi connectivity index (χ4n) is 1.42. The molecule has 0 saturated heterocycles. The fraction of sp³-hybridized carbons (Fsp3) is 0.167. The molecule has 1 amide bonds. The van der Waals surface area contributed by atoms with E-state index in [1.54, 1.807) is 23.0 Å². The van der Waals surface area contributed by atoms with Gasteiger partial charge in [0.25, 0.3) is 0 Å². The van der Waals surface area contributed by atoms with Crippen molar-refractivity contribution in [1.29, 1.82) is 0 Å². The Bertz CT molecular complexity index is 496. The molecule has 0 atom stereocenters. The standard InChI is InChI=1S/C12H12ClN3O/c13-10-4-1-2-5-11(10)15-12(17)6-9-16-8-3-7-14-16/h1-5,7-8H,6,9H2,(H,15,17). The van der Waals surface area contributed by atoms with Crippen molar-refractivity contribution >= 4 is 23.2 Å². The number of carbonyl (C=O) groups excluding carboxylic acids is 1. The second-order valence-corrected chi connectivity index (χ2v) is 3.95. The second kappa shape index (κ2) is 5.50. The van der Waals surface area contributed by atoms with E-state index in [1.807, 2.05) is 24.4 Å². The normalized spacial score (nSPS) is 10.2. The molecule has 4 nitrogen and oxygen atoms in total. The number of aromatic nitrogens is 2. The van der Waals surface area contributed by atoms with Gasteiger partial charge in [-0.25, -0.2) is 0 Å². The van der Waals surface area contributed by atoms with Gasteiger partial charge in [-0.3, -0.25) is 9.48 Å². The highest BCUT2D eigenvalue weighted by atomic mass is 35.5. The van der Waals surface area contributed by atoms with Gasteiger partial charge < -0.3 is 5.32 Å². The summed E-state index contributed by atoms with van der Waals surface area (Å²) in [6, 6.07) is 8.99. The number of nitrogens with zero attached hydrogens (tertiary/aromatic N) is 2. The van der Waals surface area contributed by atoms with E-state index in [1.165, 1.54) is 0 Å². The van der Waals surface area contributed by atoms with E-state index in [4.69, 9.17) is 11.6 Å². The molecule has 0 spiro atoms. The molecule has 0 saturated carbocycles. The molecule has 2 aromatic rings. The summed E-state index contributed by atoms with van der Waals surface area (Å²) < 4.78 is 1.71. The summed E-state index contributed by atoms with van der Waals surface area (Å²) in [5, 5.41) is 7.33. The summed E-state index contributed by atoms with van der Waals surface area (Å²) in [5.74, 6) is -0.0754. The van der Waals surface area contributed by atoms with Crippen LogP contribution in [0.4, 0.5) is 5.69 Å². The SMILES string of the molecule is O=C(CCn1cccn1)Nc1ccccc1Cl. The number of hydrogen-bond donors (Lipinski definition) is 1. The largest absolute Gasteiger partial charge is 0.325 e. The Morgan fingerprint density at radius 2 is 2.18 bits per heavy atom. The van der Waals surface area contributed by atoms with Crippen LogP contribution < -0.4 is 5.32 Å². The number of amides is 1. The molecule has 1 aromatic heterocycles. The molecule has 0 aliphatic carbocycles. The van der Waals surface area contributed by atoms with Crippen LogP contribution in [-0.4, -0.2) is 15.7 Å². The van der Waals surface area contributed by atoms with Crippen LogP contribution in [0.25, 0.3) is 0 Å². The van der Waals surface area contributed by atoms with Gasteiger partial charge in [0.2, 0.25) is 5.91 Å². The third-order valence-corrected chi connectivity index (χ3v) is 2.60. The molecule has 0 bridgehead atoms. The lowest BCUT2D eigenvalue weighted by Crippen LogP contribution is -2.14. The summed E-state index contributed by atoms with van der Waals surface area (Å²) in [4.78, 5) is 11.6. The highest BCUT2D eigenvalue weighted by Gasteiger charge is 2.05. The van der Waals surface area contributed by atoms with Gasteiger partial charge in [0.15, 0.2) is 0 Å². The monoisotopic (exact) mass is 249 g/mol. The van der Waals surface area contributed by atoms with Gasteiger partial charge in [-0.2, -0.15) is 5.10 Å². The lowest BCUT2D eigenvalue weighted by Gasteiger charge is -2.06. The predicted molar refractivity (Wildman–Crippen MR) is 66.9 cm³/mol. The van der Waals surface area contributed by atoms with Crippen molar-refractivity contribution in [3.63, 3.8) is 0 Å². The maximum absolute atomic E-state index is 11.6. The van der Waals surface area contributed by atoms with Crippen LogP contribution in [0.1, 0.15) is 6.42 Å². The third kappa shape index (κ3) is 3.32. The molecular weight excluding hydrogens is 238 g/mol. The number of aryl methyl sites for hydroxylation is 1. The quantitative estimate of drug-likeness (QED) is 0.905. The molecule has 5 heteroatoms. The second-order valence-electron chi connectivity index (χ2n) is 3.55. The van der Waals surface area contributed by atoms with Crippen LogP contribution in [0.15, 0.2) is 42.7 Å². The zero-order chi connectivity index (χ0) is 12.1. The van der Waals surface area contributed by atoms with Crippen molar-refractivity contribution < 1.29 is 4.79 Å². The summed E-state index contributed by atoms with van der Waals surface area (Å²) in [5.41, 5.74) is 0.639. The van der Waals surface area contributed by atoms with Crippen LogP contribution in [0, 0.1) is 0 Å². The molecule has 1 heterocycles. The number of hydrogen-bond acceptors (Lipinski definition) is 2. The first-order valence-electron chi connectivity index (χ1n) is 5.27. The first kappa shape index (κ1) is 11.7. The van der Waals surface area contributed by atoms with Gasteiger partial charge in [0, 0.05) is 25.4 Å². The average Bonchev–Trinajstić information content (AvgIpc) is 2.82. The minimum atomic E-state index is -0.0754. The lowest BCUT2D eigenvalue weighted by atomic mass is 10.3. The Kier molecular flexibility index (Phi) is 3.77. The van der Waals surface area contributed by atoms with Crippen LogP contribution in [0.5, 0.6) is 0 Å². The lowest BCUT2D eigenvalue weighted by molar-refractivity contribution is -0.116. The number of rotatable bonds is 4. The van der Waals surface area contributed by atoms with E-state index in [9.17, 15) is 4.79 Å².